The highest BCUT2D eigenvalue weighted by Gasteiger charge is 2.21. The first-order valence-corrected chi connectivity index (χ1v) is 6.51. The third kappa shape index (κ3) is 3.35. The third-order valence-electron chi connectivity index (χ3n) is 3.28. The summed E-state index contributed by atoms with van der Waals surface area (Å²) in [5.41, 5.74) is 1.58. The van der Waals surface area contributed by atoms with E-state index in [9.17, 15) is 9.90 Å². The van der Waals surface area contributed by atoms with Crippen LogP contribution < -0.4 is 5.32 Å². The van der Waals surface area contributed by atoms with E-state index < -0.39 is 0 Å². The van der Waals surface area contributed by atoms with E-state index in [1.165, 1.54) is 0 Å². The first-order chi connectivity index (χ1) is 9.22. The lowest BCUT2D eigenvalue weighted by Gasteiger charge is -2.21. The van der Waals surface area contributed by atoms with E-state index in [2.05, 4.69) is 5.32 Å². The molecule has 0 aliphatic carbocycles. The summed E-state index contributed by atoms with van der Waals surface area (Å²) in [6.45, 7) is 2.36. The van der Waals surface area contributed by atoms with E-state index in [0.29, 0.717) is 17.9 Å². The summed E-state index contributed by atoms with van der Waals surface area (Å²) in [4.78, 5) is 12.2. The first-order valence-electron chi connectivity index (χ1n) is 6.51. The van der Waals surface area contributed by atoms with Crippen LogP contribution in [0.1, 0.15) is 31.4 Å². The fourth-order valence-electron chi connectivity index (χ4n) is 2.18. The minimum atomic E-state index is -0.379. The number of amides is 1. The van der Waals surface area contributed by atoms with Crippen LogP contribution in [0.5, 0.6) is 0 Å². The van der Waals surface area contributed by atoms with E-state index in [1.807, 2.05) is 37.3 Å². The zero-order valence-electron chi connectivity index (χ0n) is 11.1. The highest BCUT2D eigenvalue weighted by molar-refractivity contribution is 5.94. The number of allylic oxidation sites excluding steroid dienone is 1. The monoisotopic (exact) mass is 261 g/mol. The van der Waals surface area contributed by atoms with Crippen LogP contribution in [0.4, 0.5) is 0 Å². The van der Waals surface area contributed by atoms with E-state index in [0.717, 1.165) is 18.4 Å². The quantitative estimate of drug-likeness (QED) is 0.870. The molecule has 0 saturated heterocycles. The van der Waals surface area contributed by atoms with Crippen molar-refractivity contribution in [3.63, 3.8) is 0 Å². The molecule has 1 unspecified atom stereocenters. The molecule has 0 aromatic heterocycles. The molecule has 1 heterocycles. The number of nitrogens with one attached hydrogen (secondary N) is 1. The van der Waals surface area contributed by atoms with Gasteiger partial charge in [-0.15, -0.1) is 0 Å². The Hall–Kier alpha value is -1.81. The fourth-order valence-corrected chi connectivity index (χ4v) is 2.18. The van der Waals surface area contributed by atoms with Gasteiger partial charge in [0.15, 0.2) is 0 Å². The van der Waals surface area contributed by atoms with E-state index in [-0.39, 0.29) is 18.6 Å². The largest absolute Gasteiger partial charge is 0.498 e. The van der Waals surface area contributed by atoms with Gasteiger partial charge in [-0.3, -0.25) is 4.79 Å². The number of carbonyl (C=O) groups is 1. The van der Waals surface area contributed by atoms with Crippen molar-refractivity contribution in [2.45, 2.75) is 25.8 Å². The Balaban J connectivity index is 2.09. The molecule has 1 aliphatic heterocycles. The minimum absolute atomic E-state index is 0.122. The smallest absolute Gasteiger partial charge is 0.251 e. The maximum absolute atomic E-state index is 12.2. The number of benzene rings is 1. The van der Waals surface area contributed by atoms with Crippen LogP contribution in [0.25, 0.3) is 0 Å². The maximum atomic E-state index is 12.2. The summed E-state index contributed by atoms with van der Waals surface area (Å²) in [6, 6.07) is 9.08. The number of ether oxygens (including phenoxy) is 1. The first kappa shape index (κ1) is 13.6. The average Bonchev–Trinajstić information content (AvgIpc) is 2.46. The second kappa shape index (κ2) is 6.38. The van der Waals surface area contributed by atoms with Gasteiger partial charge in [0.1, 0.15) is 5.76 Å². The molecule has 2 rings (SSSR count). The van der Waals surface area contributed by atoms with Crippen LogP contribution in [-0.2, 0) is 9.53 Å². The van der Waals surface area contributed by atoms with Gasteiger partial charge in [-0.05, 0) is 25.3 Å². The zero-order chi connectivity index (χ0) is 13.7. The molecule has 0 spiro atoms. The second-order valence-corrected chi connectivity index (χ2v) is 4.61. The van der Waals surface area contributed by atoms with Crippen LogP contribution in [0.15, 0.2) is 41.7 Å². The van der Waals surface area contributed by atoms with Crippen LogP contribution >= 0.6 is 0 Å². The Labute approximate surface area is 113 Å². The van der Waals surface area contributed by atoms with Crippen molar-refractivity contribution in [1.29, 1.82) is 0 Å². The van der Waals surface area contributed by atoms with Gasteiger partial charge in [-0.25, -0.2) is 0 Å². The van der Waals surface area contributed by atoms with Gasteiger partial charge in [0.2, 0.25) is 0 Å². The molecule has 0 saturated carbocycles. The van der Waals surface area contributed by atoms with Crippen molar-refractivity contribution in [3.05, 3.63) is 47.2 Å². The summed E-state index contributed by atoms with van der Waals surface area (Å²) in [5.74, 6) is 0.536. The Bertz CT molecular complexity index is 468. The third-order valence-corrected chi connectivity index (χ3v) is 3.28. The summed E-state index contributed by atoms with van der Waals surface area (Å²) < 4.78 is 5.39. The van der Waals surface area contributed by atoms with Gasteiger partial charge in [-0.2, -0.15) is 0 Å². The molecule has 0 fully saturated rings. The molecular weight excluding hydrogens is 242 g/mol. The highest BCUT2D eigenvalue weighted by Crippen LogP contribution is 2.20. The molecule has 0 bridgehead atoms. The van der Waals surface area contributed by atoms with Crippen LogP contribution in [0.2, 0.25) is 0 Å². The van der Waals surface area contributed by atoms with Crippen LogP contribution in [0.3, 0.4) is 0 Å². The normalized spacial score (nSPS) is 16.7. The molecule has 19 heavy (non-hydrogen) atoms. The van der Waals surface area contributed by atoms with Crippen molar-refractivity contribution in [3.8, 4) is 0 Å². The van der Waals surface area contributed by atoms with Crippen molar-refractivity contribution in [1.82, 2.24) is 5.32 Å². The average molecular weight is 261 g/mol. The van der Waals surface area contributed by atoms with E-state index in [1.54, 1.807) is 0 Å². The molecule has 1 aliphatic rings. The molecule has 2 N–H and O–H groups in total. The van der Waals surface area contributed by atoms with Gasteiger partial charge in [0.25, 0.3) is 5.91 Å². The Morgan fingerprint density at radius 3 is 2.79 bits per heavy atom. The number of aliphatic hydroxyl groups is 1. The lowest BCUT2D eigenvalue weighted by atomic mass is 10.0. The minimum Gasteiger partial charge on any atom is -0.498 e. The van der Waals surface area contributed by atoms with Gasteiger partial charge >= 0.3 is 0 Å². The second-order valence-electron chi connectivity index (χ2n) is 4.61. The number of hydrogen-bond donors (Lipinski definition) is 2. The SMILES string of the molecule is CC1=C(C(=O)NC(CO)c2ccccc2)CCCO1. The lowest BCUT2D eigenvalue weighted by Crippen LogP contribution is -2.33. The Morgan fingerprint density at radius 1 is 1.42 bits per heavy atom. The molecular formula is C15H19NO3. The Morgan fingerprint density at radius 2 is 2.16 bits per heavy atom. The maximum Gasteiger partial charge on any atom is 0.251 e. The standard InChI is InChI=1S/C15H19NO3/c1-11-13(8-5-9-19-11)15(18)16-14(10-17)12-6-3-2-4-7-12/h2-4,6-7,14,17H,5,8-10H2,1H3,(H,16,18). The molecule has 4 heteroatoms. The van der Waals surface area contributed by atoms with Crippen molar-refractivity contribution in [2.75, 3.05) is 13.2 Å². The topological polar surface area (TPSA) is 58.6 Å². The van der Waals surface area contributed by atoms with Crippen molar-refractivity contribution in [2.24, 2.45) is 0 Å². The van der Waals surface area contributed by atoms with Gasteiger partial charge < -0.3 is 15.2 Å². The van der Waals surface area contributed by atoms with Crippen molar-refractivity contribution >= 4 is 5.91 Å². The molecule has 1 aromatic carbocycles. The van der Waals surface area contributed by atoms with Gasteiger partial charge in [-0.1, -0.05) is 30.3 Å². The predicted octanol–water partition coefficient (Wildman–Crippen LogP) is 1.92. The lowest BCUT2D eigenvalue weighted by molar-refractivity contribution is -0.119. The summed E-state index contributed by atoms with van der Waals surface area (Å²) in [6.07, 6.45) is 1.58. The predicted molar refractivity (Wildman–Crippen MR) is 72.3 cm³/mol. The van der Waals surface area contributed by atoms with Crippen molar-refractivity contribution < 1.29 is 14.6 Å². The van der Waals surface area contributed by atoms with E-state index >= 15 is 0 Å². The molecule has 4 nitrogen and oxygen atoms in total. The Kier molecular flexibility index (Phi) is 4.58. The highest BCUT2D eigenvalue weighted by atomic mass is 16.5. The molecule has 1 atom stereocenters. The number of aliphatic hydroxyl groups excluding tert-OH is 1. The van der Waals surface area contributed by atoms with E-state index in [4.69, 9.17) is 4.74 Å². The molecule has 1 amide bonds. The van der Waals surface area contributed by atoms with Gasteiger partial charge in [0.05, 0.1) is 24.8 Å². The summed E-state index contributed by atoms with van der Waals surface area (Å²) in [5, 5.41) is 12.3. The fraction of sp³-hybridized carbons (Fsp3) is 0.400. The van der Waals surface area contributed by atoms with Gasteiger partial charge in [0, 0.05) is 0 Å². The number of rotatable bonds is 4. The molecule has 102 valence electrons. The number of carbonyl (C=O) groups excluding carboxylic acids is 1. The summed E-state index contributed by atoms with van der Waals surface area (Å²) in [7, 11) is 0. The van der Waals surface area contributed by atoms with Crippen LogP contribution in [0, 0.1) is 0 Å². The molecule has 0 radical (unpaired) electrons. The molecule has 1 aromatic rings. The zero-order valence-corrected chi connectivity index (χ0v) is 11.1. The van der Waals surface area contributed by atoms with Crippen LogP contribution in [-0.4, -0.2) is 24.2 Å². The summed E-state index contributed by atoms with van der Waals surface area (Å²) >= 11 is 0. The number of hydrogen-bond acceptors (Lipinski definition) is 3.